The van der Waals surface area contributed by atoms with Gasteiger partial charge < -0.3 is 5.32 Å². The molecule has 0 fully saturated rings. The molecule has 2 nitrogen and oxygen atoms in total. The van der Waals surface area contributed by atoms with E-state index in [0.29, 0.717) is 15.6 Å². The normalized spacial score (nSPS) is 10.4. The SMILES string of the molecule is O=C(Nc1ccccc1Cc1ccccc1)c1cc(Cl)ccc1Cl. The van der Waals surface area contributed by atoms with Gasteiger partial charge in [-0.1, -0.05) is 71.7 Å². The number of carbonyl (C=O) groups is 1. The van der Waals surface area contributed by atoms with Gasteiger partial charge in [0, 0.05) is 10.7 Å². The molecule has 1 N–H and O–H groups in total. The third kappa shape index (κ3) is 3.97. The van der Waals surface area contributed by atoms with Crippen molar-refractivity contribution in [1.29, 1.82) is 0 Å². The number of amides is 1. The average molecular weight is 356 g/mol. The van der Waals surface area contributed by atoms with Crippen LogP contribution < -0.4 is 5.32 Å². The van der Waals surface area contributed by atoms with Crippen molar-refractivity contribution in [3.63, 3.8) is 0 Å². The highest BCUT2D eigenvalue weighted by atomic mass is 35.5. The summed E-state index contributed by atoms with van der Waals surface area (Å²) in [5, 5.41) is 3.78. The molecule has 24 heavy (non-hydrogen) atoms. The molecule has 0 heterocycles. The largest absolute Gasteiger partial charge is 0.322 e. The summed E-state index contributed by atoms with van der Waals surface area (Å²) >= 11 is 12.1. The van der Waals surface area contributed by atoms with E-state index in [4.69, 9.17) is 23.2 Å². The van der Waals surface area contributed by atoms with Gasteiger partial charge in [-0.2, -0.15) is 0 Å². The first-order valence-corrected chi connectivity index (χ1v) is 8.27. The maximum absolute atomic E-state index is 12.5. The molecule has 0 aliphatic carbocycles. The van der Waals surface area contributed by atoms with Gasteiger partial charge in [-0.05, 0) is 41.8 Å². The molecular weight excluding hydrogens is 341 g/mol. The van der Waals surface area contributed by atoms with Crippen molar-refractivity contribution in [3.8, 4) is 0 Å². The predicted molar refractivity (Wildman–Crippen MR) is 100 cm³/mol. The van der Waals surface area contributed by atoms with Crippen LogP contribution in [0.1, 0.15) is 21.5 Å². The van der Waals surface area contributed by atoms with Crippen molar-refractivity contribution in [3.05, 3.63) is 99.5 Å². The second-order valence-corrected chi connectivity index (χ2v) is 6.24. The molecule has 4 heteroatoms. The van der Waals surface area contributed by atoms with Crippen molar-refractivity contribution in [2.24, 2.45) is 0 Å². The Labute approximate surface area is 151 Å². The van der Waals surface area contributed by atoms with Gasteiger partial charge in [0.05, 0.1) is 10.6 Å². The second-order valence-electron chi connectivity index (χ2n) is 5.40. The number of para-hydroxylation sites is 1. The third-order valence-electron chi connectivity index (χ3n) is 3.68. The first-order valence-electron chi connectivity index (χ1n) is 7.52. The van der Waals surface area contributed by atoms with E-state index in [9.17, 15) is 4.79 Å². The van der Waals surface area contributed by atoms with Crippen LogP contribution in [0.4, 0.5) is 5.69 Å². The van der Waals surface area contributed by atoms with Crippen LogP contribution in [0.2, 0.25) is 10.0 Å². The Morgan fingerprint density at radius 1 is 0.875 bits per heavy atom. The zero-order valence-electron chi connectivity index (χ0n) is 12.8. The van der Waals surface area contributed by atoms with Crippen LogP contribution in [0.5, 0.6) is 0 Å². The Morgan fingerprint density at radius 2 is 1.58 bits per heavy atom. The molecule has 3 aromatic rings. The standard InChI is InChI=1S/C20H15Cl2NO/c21-16-10-11-18(22)17(13-16)20(24)23-19-9-5-4-8-15(19)12-14-6-2-1-3-7-14/h1-11,13H,12H2,(H,23,24). The van der Waals surface area contributed by atoms with Crippen LogP contribution in [-0.4, -0.2) is 5.91 Å². The van der Waals surface area contributed by atoms with Crippen molar-refractivity contribution in [1.82, 2.24) is 0 Å². The molecule has 0 unspecified atom stereocenters. The summed E-state index contributed by atoms with van der Waals surface area (Å²) in [6.07, 6.45) is 0.737. The molecule has 0 saturated carbocycles. The summed E-state index contributed by atoms with van der Waals surface area (Å²) < 4.78 is 0. The highest BCUT2D eigenvalue weighted by molar-refractivity contribution is 6.36. The minimum Gasteiger partial charge on any atom is -0.322 e. The van der Waals surface area contributed by atoms with Gasteiger partial charge in [-0.15, -0.1) is 0 Å². The Bertz CT molecular complexity index is 863. The lowest BCUT2D eigenvalue weighted by Gasteiger charge is -2.12. The molecule has 3 aromatic carbocycles. The number of anilines is 1. The maximum Gasteiger partial charge on any atom is 0.257 e. The van der Waals surface area contributed by atoms with Gasteiger partial charge in [0.25, 0.3) is 5.91 Å². The molecule has 0 aliphatic heterocycles. The maximum atomic E-state index is 12.5. The van der Waals surface area contributed by atoms with Crippen molar-refractivity contribution >= 4 is 34.8 Å². The smallest absolute Gasteiger partial charge is 0.257 e. The summed E-state index contributed by atoms with van der Waals surface area (Å²) in [5.41, 5.74) is 3.34. The van der Waals surface area contributed by atoms with Crippen molar-refractivity contribution in [2.75, 3.05) is 5.32 Å². The van der Waals surface area contributed by atoms with Crippen molar-refractivity contribution < 1.29 is 4.79 Å². The van der Waals surface area contributed by atoms with Gasteiger partial charge in [-0.25, -0.2) is 0 Å². The lowest BCUT2D eigenvalue weighted by Crippen LogP contribution is -2.14. The summed E-state index contributed by atoms with van der Waals surface area (Å²) in [5.74, 6) is -0.275. The molecule has 0 aliphatic rings. The number of hydrogen-bond acceptors (Lipinski definition) is 1. The number of rotatable bonds is 4. The Balaban J connectivity index is 1.85. The fourth-order valence-electron chi connectivity index (χ4n) is 2.47. The van der Waals surface area contributed by atoms with Crippen LogP contribution >= 0.6 is 23.2 Å². The number of benzene rings is 3. The van der Waals surface area contributed by atoms with E-state index < -0.39 is 0 Å². The third-order valence-corrected chi connectivity index (χ3v) is 4.24. The summed E-state index contributed by atoms with van der Waals surface area (Å²) in [6.45, 7) is 0. The molecule has 0 saturated heterocycles. The van der Waals surface area contributed by atoms with Gasteiger partial charge in [0.1, 0.15) is 0 Å². The average Bonchev–Trinajstić information content (AvgIpc) is 2.59. The minimum atomic E-state index is -0.275. The molecule has 3 rings (SSSR count). The molecule has 120 valence electrons. The molecule has 1 amide bonds. The first-order chi connectivity index (χ1) is 11.6. The van der Waals surface area contributed by atoms with Crippen LogP contribution in [-0.2, 0) is 6.42 Å². The fourth-order valence-corrected chi connectivity index (χ4v) is 2.85. The zero-order valence-corrected chi connectivity index (χ0v) is 14.3. The van der Waals surface area contributed by atoms with Crippen LogP contribution in [0.3, 0.4) is 0 Å². The summed E-state index contributed by atoms with van der Waals surface area (Å²) in [6, 6.07) is 22.7. The summed E-state index contributed by atoms with van der Waals surface area (Å²) in [4.78, 5) is 12.5. The quantitative estimate of drug-likeness (QED) is 0.625. The van der Waals surface area contributed by atoms with Crippen LogP contribution in [0.15, 0.2) is 72.8 Å². The highest BCUT2D eigenvalue weighted by Crippen LogP contribution is 2.24. The van der Waals surface area contributed by atoms with Gasteiger partial charge in [0.15, 0.2) is 0 Å². The van der Waals surface area contributed by atoms with Gasteiger partial charge in [0.2, 0.25) is 0 Å². The monoisotopic (exact) mass is 355 g/mol. The highest BCUT2D eigenvalue weighted by Gasteiger charge is 2.13. The number of carbonyl (C=O) groups excluding carboxylic acids is 1. The Morgan fingerprint density at radius 3 is 2.38 bits per heavy atom. The van der Waals surface area contributed by atoms with E-state index in [0.717, 1.165) is 17.7 Å². The van der Waals surface area contributed by atoms with Gasteiger partial charge in [-0.3, -0.25) is 4.79 Å². The molecule has 0 bridgehead atoms. The van der Waals surface area contributed by atoms with Crippen LogP contribution in [0.25, 0.3) is 0 Å². The Kier molecular flexibility index (Phi) is 5.19. The van der Waals surface area contributed by atoms with E-state index in [-0.39, 0.29) is 5.91 Å². The van der Waals surface area contributed by atoms with E-state index in [2.05, 4.69) is 17.4 Å². The molecule has 0 spiro atoms. The Hall–Kier alpha value is -2.29. The van der Waals surface area contributed by atoms with Gasteiger partial charge >= 0.3 is 0 Å². The lowest BCUT2D eigenvalue weighted by molar-refractivity contribution is 0.102. The summed E-state index contributed by atoms with van der Waals surface area (Å²) in [7, 11) is 0. The second kappa shape index (κ2) is 7.52. The molecular formula is C20H15Cl2NO. The van der Waals surface area contributed by atoms with E-state index >= 15 is 0 Å². The zero-order chi connectivity index (χ0) is 16.9. The minimum absolute atomic E-state index is 0.275. The van der Waals surface area contributed by atoms with E-state index in [1.807, 2.05) is 42.5 Å². The van der Waals surface area contributed by atoms with Crippen LogP contribution in [0, 0.1) is 0 Å². The fraction of sp³-hybridized carbons (Fsp3) is 0.0500. The predicted octanol–water partition coefficient (Wildman–Crippen LogP) is 5.84. The molecule has 0 atom stereocenters. The number of hydrogen-bond donors (Lipinski definition) is 1. The number of halogens is 2. The molecule has 0 radical (unpaired) electrons. The lowest BCUT2D eigenvalue weighted by atomic mass is 10.0. The topological polar surface area (TPSA) is 29.1 Å². The first kappa shape index (κ1) is 16.6. The van der Waals surface area contributed by atoms with Crippen molar-refractivity contribution in [2.45, 2.75) is 6.42 Å². The van der Waals surface area contributed by atoms with E-state index in [1.165, 1.54) is 5.56 Å². The molecule has 0 aromatic heterocycles. The number of nitrogens with one attached hydrogen (secondary N) is 1. The van der Waals surface area contributed by atoms with E-state index in [1.54, 1.807) is 18.2 Å².